The lowest BCUT2D eigenvalue weighted by molar-refractivity contribution is 0.135. The van der Waals surface area contributed by atoms with Crippen LogP contribution >= 0.6 is 0 Å². The van der Waals surface area contributed by atoms with Crippen molar-refractivity contribution in [3.05, 3.63) is 12.2 Å². The maximum absolute atomic E-state index is 9.06. The van der Waals surface area contributed by atoms with Crippen LogP contribution in [0.3, 0.4) is 0 Å². The summed E-state index contributed by atoms with van der Waals surface area (Å²) < 4.78 is 0. The molecule has 60 valence electrons. The zero-order chi connectivity index (χ0) is 7.82. The lowest BCUT2D eigenvalue weighted by Gasteiger charge is -2.03. The van der Waals surface area contributed by atoms with E-state index in [0.29, 0.717) is 12.8 Å². The maximum Gasteiger partial charge on any atom is 0.0596 e. The second-order valence-electron chi connectivity index (χ2n) is 2.28. The molecule has 0 spiro atoms. The van der Waals surface area contributed by atoms with E-state index in [-0.39, 0.29) is 12.7 Å². The second kappa shape index (κ2) is 6.78. The number of hydrogen-bond acceptors (Lipinski definition) is 2. The van der Waals surface area contributed by atoms with E-state index in [2.05, 4.69) is 6.92 Å². The first-order valence-corrected chi connectivity index (χ1v) is 3.75. The van der Waals surface area contributed by atoms with Crippen molar-refractivity contribution in [3.63, 3.8) is 0 Å². The fraction of sp³-hybridized carbons (Fsp3) is 0.750. The van der Waals surface area contributed by atoms with Crippen molar-refractivity contribution >= 4 is 0 Å². The van der Waals surface area contributed by atoms with Crippen molar-refractivity contribution in [1.82, 2.24) is 0 Å². The maximum atomic E-state index is 9.06. The van der Waals surface area contributed by atoms with E-state index in [0.717, 1.165) is 6.42 Å². The minimum atomic E-state index is -0.368. The Morgan fingerprint density at radius 1 is 1.40 bits per heavy atom. The molecule has 0 rings (SSSR count). The lowest BCUT2D eigenvalue weighted by atomic mass is 10.2. The number of allylic oxidation sites excluding steroid dienone is 1. The Kier molecular flexibility index (Phi) is 6.55. The number of hydrogen-bond donors (Lipinski definition) is 2. The molecule has 0 heterocycles. The smallest absolute Gasteiger partial charge is 0.0596 e. The molecule has 10 heavy (non-hydrogen) atoms. The monoisotopic (exact) mass is 144 g/mol. The van der Waals surface area contributed by atoms with Crippen LogP contribution in [0.2, 0.25) is 0 Å². The van der Waals surface area contributed by atoms with Gasteiger partial charge in [-0.05, 0) is 19.3 Å². The molecule has 0 amide bonds. The van der Waals surface area contributed by atoms with Crippen molar-refractivity contribution in [2.24, 2.45) is 0 Å². The molecule has 2 nitrogen and oxygen atoms in total. The van der Waals surface area contributed by atoms with Gasteiger partial charge in [0, 0.05) is 6.61 Å². The molecule has 0 fully saturated rings. The largest absolute Gasteiger partial charge is 0.396 e. The van der Waals surface area contributed by atoms with Gasteiger partial charge in [-0.2, -0.15) is 0 Å². The molecule has 0 aliphatic rings. The van der Waals surface area contributed by atoms with E-state index < -0.39 is 0 Å². The van der Waals surface area contributed by atoms with Crippen molar-refractivity contribution in [2.45, 2.75) is 32.3 Å². The highest BCUT2D eigenvalue weighted by Crippen LogP contribution is 1.97. The number of aliphatic hydroxyl groups is 2. The van der Waals surface area contributed by atoms with Crippen molar-refractivity contribution in [2.75, 3.05) is 6.61 Å². The van der Waals surface area contributed by atoms with Crippen LogP contribution in [0.5, 0.6) is 0 Å². The summed E-state index contributed by atoms with van der Waals surface area (Å²) in [5.74, 6) is 0. The zero-order valence-electron chi connectivity index (χ0n) is 6.45. The van der Waals surface area contributed by atoms with Crippen LogP contribution in [-0.2, 0) is 0 Å². The third kappa shape index (κ3) is 5.79. The number of rotatable bonds is 5. The summed E-state index contributed by atoms with van der Waals surface area (Å²) >= 11 is 0. The van der Waals surface area contributed by atoms with Crippen LogP contribution in [0.4, 0.5) is 0 Å². The van der Waals surface area contributed by atoms with Gasteiger partial charge in [0.25, 0.3) is 0 Å². The third-order valence-electron chi connectivity index (χ3n) is 1.27. The van der Waals surface area contributed by atoms with Crippen molar-refractivity contribution in [3.8, 4) is 0 Å². The molecule has 0 radical (unpaired) electrons. The highest BCUT2D eigenvalue weighted by molar-refractivity contribution is 4.82. The SMILES string of the molecule is CC/C=C\C[C@@H](O)CCO. The molecule has 0 aromatic carbocycles. The van der Waals surface area contributed by atoms with Crippen LogP contribution in [0.1, 0.15) is 26.2 Å². The van der Waals surface area contributed by atoms with Gasteiger partial charge in [0.2, 0.25) is 0 Å². The van der Waals surface area contributed by atoms with Gasteiger partial charge in [-0.1, -0.05) is 19.1 Å². The first kappa shape index (κ1) is 9.66. The standard InChI is InChI=1S/C8H16O2/c1-2-3-4-5-8(10)6-7-9/h3-4,8-10H,2,5-7H2,1H3/b4-3-/t8-/m1/s1. The molecule has 1 atom stereocenters. The van der Waals surface area contributed by atoms with Crippen molar-refractivity contribution in [1.29, 1.82) is 0 Å². The molecule has 0 unspecified atom stereocenters. The molecule has 0 saturated carbocycles. The molecule has 0 aromatic heterocycles. The van der Waals surface area contributed by atoms with Gasteiger partial charge in [-0.15, -0.1) is 0 Å². The molecular formula is C8H16O2. The third-order valence-corrected chi connectivity index (χ3v) is 1.27. The molecular weight excluding hydrogens is 128 g/mol. The summed E-state index contributed by atoms with van der Waals surface area (Å²) in [7, 11) is 0. The van der Waals surface area contributed by atoms with Crippen LogP contribution in [0.25, 0.3) is 0 Å². The number of aliphatic hydroxyl groups excluding tert-OH is 2. The van der Waals surface area contributed by atoms with Crippen LogP contribution in [0, 0.1) is 0 Å². The molecule has 0 aliphatic carbocycles. The molecule has 2 N–H and O–H groups in total. The average Bonchev–Trinajstić information content (AvgIpc) is 1.89. The van der Waals surface area contributed by atoms with Gasteiger partial charge in [0.15, 0.2) is 0 Å². The van der Waals surface area contributed by atoms with Gasteiger partial charge in [0.05, 0.1) is 6.10 Å². The summed E-state index contributed by atoms with van der Waals surface area (Å²) in [5.41, 5.74) is 0. The van der Waals surface area contributed by atoms with E-state index in [1.807, 2.05) is 12.2 Å². The van der Waals surface area contributed by atoms with Gasteiger partial charge in [-0.3, -0.25) is 0 Å². The van der Waals surface area contributed by atoms with Gasteiger partial charge >= 0.3 is 0 Å². The van der Waals surface area contributed by atoms with Gasteiger partial charge < -0.3 is 10.2 Å². The summed E-state index contributed by atoms with van der Waals surface area (Å²) in [6.07, 6.45) is 5.74. The average molecular weight is 144 g/mol. The summed E-state index contributed by atoms with van der Waals surface area (Å²) in [5, 5.41) is 17.5. The Morgan fingerprint density at radius 3 is 2.60 bits per heavy atom. The van der Waals surface area contributed by atoms with Gasteiger partial charge in [0.1, 0.15) is 0 Å². The molecule has 2 heteroatoms. The normalized spacial score (nSPS) is 14.3. The van der Waals surface area contributed by atoms with Crippen LogP contribution in [-0.4, -0.2) is 22.9 Å². The molecule has 0 bridgehead atoms. The topological polar surface area (TPSA) is 40.5 Å². The lowest BCUT2D eigenvalue weighted by Crippen LogP contribution is -2.06. The Bertz CT molecular complexity index is 89.3. The fourth-order valence-corrected chi connectivity index (χ4v) is 0.687. The Morgan fingerprint density at radius 2 is 2.10 bits per heavy atom. The predicted molar refractivity (Wildman–Crippen MR) is 41.8 cm³/mol. The van der Waals surface area contributed by atoms with E-state index in [1.54, 1.807) is 0 Å². The highest BCUT2D eigenvalue weighted by atomic mass is 16.3. The minimum Gasteiger partial charge on any atom is -0.396 e. The minimum absolute atomic E-state index is 0.0706. The molecule has 0 aliphatic heterocycles. The summed E-state index contributed by atoms with van der Waals surface area (Å²) in [6.45, 7) is 2.12. The molecule has 0 aromatic rings. The second-order valence-corrected chi connectivity index (χ2v) is 2.28. The van der Waals surface area contributed by atoms with Crippen LogP contribution < -0.4 is 0 Å². The fourth-order valence-electron chi connectivity index (χ4n) is 0.687. The quantitative estimate of drug-likeness (QED) is 0.567. The molecule has 0 saturated heterocycles. The highest BCUT2D eigenvalue weighted by Gasteiger charge is 1.97. The first-order valence-electron chi connectivity index (χ1n) is 3.75. The summed E-state index contributed by atoms with van der Waals surface area (Å²) in [4.78, 5) is 0. The van der Waals surface area contributed by atoms with E-state index in [9.17, 15) is 0 Å². The summed E-state index contributed by atoms with van der Waals surface area (Å²) in [6, 6.07) is 0. The Hall–Kier alpha value is -0.340. The van der Waals surface area contributed by atoms with E-state index in [4.69, 9.17) is 10.2 Å². The van der Waals surface area contributed by atoms with E-state index in [1.165, 1.54) is 0 Å². The van der Waals surface area contributed by atoms with E-state index >= 15 is 0 Å². The Labute approximate surface area is 62.2 Å². The van der Waals surface area contributed by atoms with Gasteiger partial charge in [-0.25, -0.2) is 0 Å². The van der Waals surface area contributed by atoms with Crippen molar-refractivity contribution < 1.29 is 10.2 Å². The zero-order valence-corrected chi connectivity index (χ0v) is 6.45. The first-order chi connectivity index (χ1) is 4.81. The predicted octanol–water partition coefficient (Wildman–Crippen LogP) is 1.09. The Balaban J connectivity index is 3.20. The van der Waals surface area contributed by atoms with Crippen LogP contribution in [0.15, 0.2) is 12.2 Å².